The highest BCUT2D eigenvalue weighted by Gasteiger charge is 2.29. The molecule has 1 aromatic carbocycles. The van der Waals surface area contributed by atoms with Crippen LogP contribution in [0, 0.1) is 0 Å². The molecule has 1 fully saturated rings. The second-order valence-electron chi connectivity index (χ2n) is 5.62. The smallest absolute Gasteiger partial charge is 0.339 e. The van der Waals surface area contributed by atoms with Gasteiger partial charge in [-0.15, -0.1) is 0 Å². The maximum atomic E-state index is 11.5. The largest absolute Gasteiger partial charge is 0.478 e. The number of para-hydroxylation sites is 1. The van der Waals surface area contributed by atoms with E-state index in [1.807, 2.05) is 36.0 Å². The standard InChI is InChI=1S/C16H18N2O2S/c1-16(7-4-8-21-16)10-18-14-11-5-2-3-6-13(11)17-9-12(14)15(19)20/h2-3,5-6,9H,4,7-8,10H2,1H3,(H,17,18)(H,19,20). The van der Waals surface area contributed by atoms with Crippen molar-refractivity contribution in [3.8, 4) is 0 Å². The number of hydrogen-bond acceptors (Lipinski definition) is 4. The van der Waals surface area contributed by atoms with Gasteiger partial charge < -0.3 is 10.4 Å². The summed E-state index contributed by atoms with van der Waals surface area (Å²) in [5.41, 5.74) is 1.73. The molecule has 0 spiro atoms. The molecule has 1 saturated heterocycles. The summed E-state index contributed by atoms with van der Waals surface area (Å²) >= 11 is 1.96. The fourth-order valence-corrected chi connectivity index (χ4v) is 3.99. The van der Waals surface area contributed by atoms with E-state index in [-0.39, 0.29) is 10.3 Å². The number of hydrogen-bond donors (Lipinski definition) is 2. The number of nitrogens with one attached hydrogen (secondary N) is 1. The molecule has 21 heavy (non-hydrogen) atoms. The van der Waals surface area contributed by atoms with Crippen molar-refractivity contribution in [3.63, 3.8) is 0 Å². The van der Waals surface area contributed by atoms with Gasteiger partial charge in [0.15, 0.2) is 0 Å². The summed E-state index contributed by atoms with van der Waals surface area (Å²) in [7, 11) is 0. The van der Waals surface area contributed by atoms with Crippen LogP contribution in [-0.2, 0) is 0 Å². The molecule has 110 valence electrons. The zero-order chi connectivity index (χ0) is 14.9. The third kappa shape index (κ3) is 2.83. The first-order valence-electron chi connectivity index (χ1n) is 7.08. The van der Waals surface area contributed by atoms with Gasteiger partial charge in [0, 0.05) is 22.9 Å². The summed E-state index contributed by atoms with van der Waals surface area (Å²) in [4.78, 5) is 15.7. The molecule has 0 radical (unpaired) electrons. The summed E-state index contributed by atoms with van der Waals surface area (Å²) in [6.45, 7) is 3.01. The fraction of sp³-hybridized carbons (Fsp3) is 0.375. The number of anilines is 1. The van der Waals surface area contributed by atoms with Crippen LogP contribution in [0.3, 0.4) is 0 Å². The van der Waals surface area contributed by atoms with E-state index < -0.39 is 5.97 Å². The normalized spacial score (nSPS) is 21.6. The van der Waals surface area contributed by atoms with Crippen molar-refractivity contribution in [2.24, 2.45) is 0 Å². The number of carboxylic acid groups (broad SMARTS) is 1. The first-order chi connectivity index (χ1) is 10.1. The third-order valence-corrected chi connectivity index (χ3v) is 5.48. The van der Waals surface area contributed by atoms with Crippen molar-refractivity contribution < 1.29 is 9.90 Å². The average molecular weight is 302 g/mol. The monoisotopic (exact) mass is 302 g/mol. The zero-order valence-corrected chi connectivity index (χ0v) is 12.7. The molecule has 4 nitrogen and oxygen atoms in total. The second kappa shape index (κ2) is 5.56. The summed E-state index contributed by atoms with van der Waals surface area (Å²) in [5, 5.41) is 13.6. The number of rotatable bonds is 4. The number of thioether (sulfide) groups is 1. The minimum Gasteiger partial charge on any atom is -0.478 e. The van der Waals surface area contributed by atoms with Gasteiger partial charge in [-0.25, -0.2) is 4.79 Å². The molecule has 0 amide bonds. The molecule has 3 rings (SSSR count). The van der Waals surface area contributed by atoms with Crippen LogP contribution in [0.15, 0.2) is 30.5 Å². The van der Waals surface area contributed by atoms with Crippen LogP contribution in [0.1, 0.15) is 30.1 Å². The lowest BCUT2D eigenvalue weighted by molar-refractivity contribution is 0.0697. The van der Waals surface area contributed by atoms with Gasteiger partial charge >= 0.3 is 5.97 Å². The van der Waals surface area contributed by atoms with E-state index in [1.165, 1.54) is 18.4 Å². The molecule has 0 aliphatic carbocycles. The van der Waals surface area contributed by atoms with E-state index in [2.05, 4.69) is 17.2 Å². The Balaban J connectivity index is 1.98. The van der Waals surface area contributed by atoms with Gasteiger partial charge in [0.1, 0.15) is 5.56 Å². The minimum atomic E-state index is -0.944. The van der Waals surface area contributed by atoms with Gasteiger partial charge in [0.05, 0.1) is 11.2 Å². The Labute approximate surface area is 128 Å². The molecule has 1 aromatic heterocycles. The zero-order valence-electron chi connectivity index (χ0n) is 11.9. The number of carboxylic acids is 1. The maximum absolute atomic E-state index is 11.5. The van der Waals surface area contributed by atoms with Gasteiger partial charge in [-0.2, -0.15) is 11.8 Å². The lowest BCUT2D eigenvalue weighted by Gasteiger charge is -2.24. The molecule has 2 aromatic rings. The molecular weight excluding hydrogens is 284 g/mol. The van der Waals surface area contributed by atoms with Crippen LogP contribution in [0.2, 0.25) is 0 Å². The summed E-state index contributed by atoms with van der Waals surface area (Å²) < 4.78 is 0.181. The minimum absolute atomic E-state index is 0.181. The van der Waals surface area contributed by atoms with E-state index in [1.54, 1.807) is 0 Å². The molecule has 2 heterocycles. The van der Waals surface area contributed by atoms with Crippen molar-refractivity contribution in [1.29, 1.82) is 0 Å². The molecule has 1 unspecified atom stereocenters. The van der Waals surface area contributed by atoms with Gasteiger partial charge in [0.25, 0.3) is 0 Å². The number of aromatic carboxylic acids is 1. The SMILES string of the molecule is CC1(CNc2c(C(=O)O)cnc3ccccc23)CCCS1. The number of benzene rings is 1. The van der Waals surface area contributed by atoms with Crippen molar-refractivity contribution >= 4 is 34.3 Å². The Morgan fingerprint density at radius 2 is 2.29 bits per heavy atom. The van der Waals surface area contributed by atoms with Crippen molar-refractivity contribution in [1.82, 2.24) is 4.98 Å². The number of nitrogens with zero attached hydrogens (tertiary/aromatic N) is 1. The van der Waals surface area contributed by atoms with Gasteiger partial charge in [-0.05, 0) is 31.6 Å². The van der Waals surface area contributed by atoms with Crippen molar-refractivity contribution in [3.05, 3.63) is 36.0 Å². The number of fused-ring (bicyclic) bond motifs is 1. The number of pyridine rings is 1. The van der Waals surface area contributed by atoms with Crippen LogP contribution in [-0.4, -0.2) is 33.1 Å². The molecule has 2 N–H and O–H groups in total. The fourth-order valence-electron chi connectivity index (χ4n) is 2.75. The Kier molecular flexibility index (Phi) is 3.76. The third-order valence-electron chi connectivity index (χ3n) is 3.95. The highest BCUT2D eigenvalue weighted by molar-refractivity contribution is 8.00. The van der Waals surface area contributed by atoms with Crippen LogP contribution in [0.25, 0.3) is 10.9 Å². The van der Waals surface area contributed by atoms with E-state index >= 15 is 0 Å². The quantitative estimate of drug-likeness (QED) is 0.903. The molecule has 1 aliphatic heterocycles. The topological polar surface area (TPSA) is 62.2 Å². The Bertz CT molecular complexity index is 681. The van der Waals surface area contributed by atoms with E-state index in [0.29, 0.717) is 5.69 Å². The van der Waals surface area contributed by atoms with Gasteiger partial charge in [-0.1, -0.05) is 18.2 Å². The van der Waals surface area contributed by atoms with Crippen molar-refractivity contribution in [2.45, 2.75) is 24.5 Å². The highest BCUT2D eigenvalue weighted by Crippen LogP contribution is 2.38. The van der Waals surface area contributed by atoms with E-state index in [4.69, 9.17) is 0 Å². The van der Waals surface area contributed by atoms with E-state index in [0.717, 1.165) is 23.9 Å². The van der Waals surface area contributed by atoms with Crippen molar-refractivity contribution in [2.75, 3.05) is 17.6 Å². The lowest BCUT2D eigenvalue weighted by Crippen LogP contribution is -2.27. The summed E-state index contributed by atoms with van der Waals surface area (Å²) in [6, 6.07) is 7.64. The van der Waals surface area contributed by atoms with Gasteiger partial charge in [0.2, 0.25) is 0 Å². The van der Waals surface area contributed by atoms with Crippen LogP contribution in [0.4, 0.5) is 5.69 Å². The highest BCUT2D eigenvalue weighted by atomic mass is 32.2. The summed E-state index contributed by atoms with van der Waals surface area (Å²) in [5.74, 6) is 0.237. The van der Waals surface area contributed by atoms with Crippen LogP contribution < -0.4 is 5.32 Å². The van der Waals surface area contributed by atoms with Crippen LogP contribution in [0.5, 0.6) is 0 Å². The number of aromatic nitrogens is 1. The second-order valence-corrected chi connectivity index (χ2v) is 7.31. The predicted octanol–water partition coefficient (Wildman–Crippen LogP) is 3.63. The Hall–Kier alpha value is -1.75. The van der Waals surface area contributed by atoms with Gasteiger partial charge in [-0.3, -0.25) is 4.98 Å². The first kappa shape index (κ1) is 14.2. The molecule has 0 bridgehead atoms. The van der Waals surface area contributed by atoms with Crippen LogP contribution >= 0.6 is 11.8 Å². The van der Waals surface area contributed by atoms with E-state index in [9.17, 15) is 9.90 Å². The molecule has 1 aliphatic rings. The average Bonchev–Trinajstić information content (AvgIpc) is 2.91. The molecule has 1 atom stereocenters. The summed E-state index contributed by atoms with van der Waals surface area (Å²) in [6.07, 6.45) is 3.83. The lowest BCUT2D eigenvalue weighted by atomic mass is 10.0. The predicted molar refractivity (Wildman–Crippen MR) is 87.3 cm³/mol. The number of carbonyl (C=O) groups is 1. The first-order valence-corrected chi connectivity index (χ1v) is 8.06. The Morgan fingerprint density at radius 1 is 1.48 bits per heavy atom. The Morgan fingerprint density at radius 3 is 3.00 bits per heavy atom. The molecule has 5 heteroatoms. The molecular formula is C16H18N2O2S. The molecule has 0 saturated carbocycles. The maximum Gasteiger partial charge on any atom is 0.339 e.